The average Bonchev–Trinajstić information content (AvgIpc) is 3.03. The fourth-order valence-electron chi connectivity index (χ4n) is 6.16. The van der Waals surface area contributed by atoms with Crippen LogP contribution in [0.3, 0.4) is 0 Å². The van der Waals surface area contributed by atoms with Crippen molar-refractivity contribution in [1.82, 2.24) is 9.97 Å². The maximum Gasteiger partial charge on any atom is 0.230 e. The number of benzene rings is 3. The molecule has 1 aromatic heterocycles. The Morgan fingerprint density at radius 1 is 0.721 bits per heavy atom. The van der Waals surface area contributed by atoms with E-state index in [0.29, 0.717) is 5.95 Å². The lowest BCUT2D eigenvalue weighted by molar-refractivity contribution is 0.907. The van der Waals surface area contributed by atoms with Crippen molar-refractivity contribution in [3.8, 4) is 11.3 Å². The van der Waals surface area contributed by atoms with Gasteiger partial charge in [-0.05, 0) is 88.6 Å². The molecule has 0 bridgehead atoms. The fourth-order valence-corrected chi connectivity index (χ4v) is 6.16. The molecule has 4 aromatic rings. The van der Waals surface area contributed by atoms with E-state index in [1.807, 2.05) is 61.7 Å². The summed E-state index contributed by atoms with van der Waals surface area (Å²) in [5.74, 6) is 0.644. The Bertz CT molecular complexity index is 1880. The van der Waals surface area contributed by atoms with E-state index in [9.17, 15) is 0 Å². The molecular formula is C40H39N3. The summed E-state index contributed by atoms with van der Waals surface area (Å²) in [6, 6.07) is 23.1. The molecule has 0 saturated carbocycles. The van der Waals surface area contributed by atoms with Crippen LogP contribution < -0.4 is 4.90 Å². The number of aryl methyl sites for hydroxylation is 1. The van der Waals surface area contributed by atoms with Crippen molar-refractivity contribution < 1.29 is 0 Å². The van der Waals surface area contributed by atoms with Gasteiger partial charge < -0.3 is 4.90 Å². The molecule has 0 atom stereocenters. The maximum atomic E-state index is 5.19. The van der Waals surface area contributed by atoms with Gasteiger partial charge in [-0.2, -0.15) is 0 Å². The molecule has 1 aliphatic carbocycles. The SMILES string of the molecule is C=CC1=C(\C=C)c2ccc(-c3nc(N(C)c4ccccc4C)nc4ccccc34)cc2/C(C=C)=C(C=C)/C(CCC)=C\1C. The Balaban J connectivity index is 1.83. The van der Waals surface area contributed by atoms with Gasteiger partial charge in [0, 0.05) is 23.7 Å². The van der Waals surface area contributed by atoms with Gasteiger partial charge in [0.1, 0.15) is 0 Å². The van der Waals surface area contributed by atoms with Crippen LogP contribution in [-0.4, -0.2) is 17.0 Å². The number of fused-ring (bicyclic) bond motifs is 2. The van der Waals surface area contributed by atoms with Crippen molar-refractivity contribution in [2.45, 2.75) is 33.6 Å². The summed E-state index contributed by atoms with van der Waals surface area (Å²) in [5, 5.41) is 0.997. The number of allylic oxidation sites excluding steroid dienone is 10. The van der Waals surface area contributed by atoms with Crippen molar-refractivity contribution in [2.24, 2.45) is 0 Å². The van der Waals surface area contributed by atoms with Gasteiger partial charge in [0.05, 0.1) is 11.2 Å². The lowest BCUT2D eigenvalue weighted by Crippen LogP contribution is -2.15. The van der Waals surface area contributed by atoms with Gasteiger partial charge in [0.15, 0.2) is 0 Å². The van der Waals surface area contributed by atoms with Gasteiger partial charge in [-0.3, -0.25) is 0 Å². The van der Waals surface area contributed by atoms with Crippen LogP contribution in [0.2, 0.25) is 0 Å². The van der Waals surface area contributed by atoms with Crippen molar-refractivity contribution in [2.75, 3.05) is 11.9 Å². The topological polar surface area (TPSA) is 29.0 Å². The first-order valence-corrected chi connectivity index (χ1v) is 14.8. The predicted molar refractivity (Wildman–Crippen MR) is 186 cm³/mol. The van der Waals surface area contributed by atoms with Crippen LogP contribution in [0.1, 0.15) is 43.4 Å². The molecule has 1 aliphatic rings. The lowest BCUT2D eigenvalue weighted by atomic mass is 9.79. The molecule has 0 radical (unpaired) electrons. The van der Waals surface area contributed by atoms with Crippen molar-refractivity contribution in [3.05, 3.63) is 156 Å². The van der Waals surface area contributed by atoms with Crippen LogP contribution in [0.4, 0.5) is 11.6 Å². The van der Waals surface area contributed by atoms with Crippen LogP contribution in [0.15, 0.2) is 140 Å². The summed E-state index contributed by atoms with van der Waals surface area (Å²) in [6.45, 7) is 23.4. The Labute approximate surface area is 256 Å². The molecule has 214 valence electrons. The summed E-state index contributed by atoms with van der Waals surface area (Å²) in [6.07, 6.45) is 9.75. The van der Waals surface area contributed by atoms with E-state index >= 15 is 0 Å². The Morgan fingerprint density at radius 2 is 1.37 bits per heavy atom. The predicted octanol–water partition coefficient (Wildman–Crippen LogP) is 10.8. The quantitative estimate of drug-likeness (QED) is 0.203. The largest absolute Gasteiger partial charge is 0.313 e. The minimum absolute atomic E-state index is 0.644. The van der Waals surface area contributed by atoms with Gasteiger partial charge in [0.2, 0.25) is 5.95 Å². The van der Waals surface area contributed by atoms with E-state index in [4.69, 9.17) is 9.97 Å². The highest BCUT2D eigenvalue weighted by Crippen LogP contribution is 2.43. The van der Waals surface area contributed by atoms with Gasteiger partial charge in [-0.15, -0.1) is 0 Å². The van der Waals surface area contributed by atoms with Gasteiger partial charge >= 0.3 is 0 Å². The third-order valence-electron chi connectivity index (χ3n) is 8.32. The van der Waals surface area contributed by atoms with Crippen LogP contribution in [0.5, 0.6) is 0 Å². The third kappa shape index (κ3) is 5.23. The molecule has 0 amide bonds. The molecule has 0 N–H and O–H groups in total. The van der Waals surface area contributed by atoms with Crippen LogP contribution >= 0.6 is 0 Å². The highest BCUT2D eigenvalue weighted by Gasteiger charge is 2.23. The van der Waals surface area contributed by atoms with Gasteiger partial charge in [-0.25, -0.2) is 9.97 Å². The first kappa shape index (κ1) is 29.5. The highest BCUT2D eigenvalue weighted by molar-refractivity contribution is 5.98. The van der Waals surface area contributed by atoms with Crippen LogP contribution in [0, 0.1) is 6.92 Å². The van der Waals surface area contributed by atoms with E-state index in [-0.39, 0.29) is 0 Å². The zero-order valence-electron chi connectivity index (χ0n) is 25.7. The second-order valence-electron chi connectivity index (χ2n) is 10.8. The number of aromatic nitrogens is 2. The lowest BCUT2D eigenvalue weighted by Gasteiger charge is -2.25. The van der Waals surface area contributed by atoms with E-state index in [0.717, 1.165) is 79.7 Å². The van der Waals surface area contributed by atoms with Gasteiger partial charge in [-0.1, -0.05) is 112 Å². The second-order valence-corrected chi connectivity index (χ2v) is 10.8. The average molecular weight is 562 g/mol. The molecule has 0 spiro atoms. The number of para-hydroxylation sites is 2. The smallest absolute Gasteiger partial charge is 0.230 e. The minimum Gasteiger partial charge on any atom is -0.313 e. The van der Waals surface area contributed by atoms with E-state index in [1.165, 1.54) is 11.1 Å². The standard InChI is InChI=1S/C40H39N3/c1-9-18-33-27(7)29(10-2)30(11-3)34-24-23-28(25-36(34)32(13-5)31(33)12-4)39-35-20-15-16-21-37(35)41-40(42-39)43(8)38-22-17-14-19-26(38)6/h10-17,19-25H,2-5,9,18H2,1,6-8H3/b29-27?,30-29-,32-31+,33-27-,33-31?,34-30?,36-32?. The summed E-state index contributed by atoms with van der Waals surface area (Å²) >= 11 is 0. The zero-order valence-corrected chi connectivity index (χ0v) is 25.7. The van der Waals surface area contributed by atoms with E-state index in [1.54, 1.807) is 0 Å². The number of nitrogens with zero attached hydrogens (tertiary/aromatic N) is 3. The third-order valence-corrected chi connectivity index (χ3v) is 8.32. The number of rotatable bonds is 9. The molecule has 0 aliphatic heterocycles. The van der Waals surface area contributed by atoms with Gasteiger partial charge in [0.25, 0.3) is 0 Å². The zero-order chi connectivity index (χ0) is 30.7. The Morgan fingerprint density at radius 3 is 2.05 bits per heavy atom. The number of hydrogen-bond donors (Lipinski definition) is 0. The van der Waals surface area contributed by atoms with Crippen molar-refractivity contribution in [1.29, 1.82) is 0 Å². The molecule has 0 saturated heterocycles. The highest BCUT2D eigenvalue weighted by atomic mass is 15.2. The molecular weight excluding hydrogens is 522 g/mol. The molecule has 3 nitrogen and oxygen atoms in total. The first-order valence-electron chi connectivity index (χ1n) is 14.8. The second kappa shape index (κ2) is 12.5. The van der Waals surface area contributed by atoms with E-state index < -0.39 is 0 Å². The number of anilines is 2. The molecule has 3 heteroatoms. The van der Waals surface area contributed by atoms with Crippen molar-refractivity contribution >= 4 is 33.7 Å². The minimum atomic E-state index is 0.644. The normalized spacial score (nSPS) is 18.4. The monoisotopic (exact) mass is 561 g/mol. The molecule has 0 unspecified atom stereocenters. The van der Waals surface area contributed by atoms with E-state index in [2.05, 4.69) is 88.4 Å². The molecule has 5 rings (SSSR count). The Hall–Kier alpha value is -5.02. The van der Waals surface area contributed by atoms with Crippen LogP contribution in [-0.2, 0) is 0 Å². The number of hydrogen-bond acceptors (Lipinski definition) is 3. The molecule has 0 fully saturated rings. The summed E-state index contributed by atoms with van der Waals surface area (Å²) in [7, 11) is 2.02. The molecule has 1 heterocycles. The summed E-state index contributed by atoms with van der Waals surface area (Å²) in [5.41, 5.74) is 13.9. The Kier molecular flexibility index (Phi) is 8.54. The fraction of sp³-hybridized carbons (Fsp3) is 0.150. The molecule has 43 heavy (non-hydrogen) atoms. The van der Waals surface area contributed by atoms with Crippen LogP contribution in [0.25, 0.3) is 33.3 Å². The summed E-state index contributed by atoms with van der Waals surface area (Å²) < 4.78 is 0. The molecule has 3 aromatic carbocycles. The summed E-state index contributed by atoms with van der Waals surface area (Å²) in [4.78, 5) is 12.2. The van der Waals surface area contributed by atoms with Crippen molar-refractivity contribution in [3.63, 3.8) is 0 Å². The first-order chi connectivity index (χ1) is 20.9. The maximum absolute atomic E-state index is 5.19.